The third-order valence-corrected chi connectivity index (χ3v) is 23.7. The van der Waals surface area contributed by atoms with Gasteiger partial charge in [-0.05, 0) is 304 Å². The maximum Gasteiger partial charge on any atom is 0.0725 e. The van der Waals surface area contributed by atoms with Crippen LogP contribution in [0, 0.1) is 69.2 Å². The van der Waals surface area contributed by atoms with Crippen molar-refractivity contribution in [2.45, 2.75) is 241 Å². The van der Waals surface area contributed by atoms with Gasteiger partial charge in [-0.2, -0.15) is 0 Å². The number of benzene rings is 21. The van der Waals surface area contributed by atoms with Crippen LogP contribution in [0.2, 0.25) is 0 Å². The van der Waals surface area contributed by atoms with E-state index in [2.05, 4.69) is 373 Å². The van der Waals surface area contributed by atoms with Crippen LogP contribution in [-0.2, 0) is 5.41 Å². The van der Waals surface area contributed by atoms with Crippen molar-refractivity contribution in [2.75, 3.05) is 0 Å². The normalized spacial score (nSPS) is 10.8. The van der Waals surface area contributed by atoms with Crippen LogP contribution in [0.5, 0.6) is 0 Å². The molecular formula is C129H152. The van der Waals surface area contributed by atoms with Gasteiger partial charge in [0.1, 0.15) is 0 Å². The lowest BCUT2D eigenvalue weighted by atomic mass is 9.70. The fraction of sp³-hybridized carbons (Fsp3) is 0.271. The first-order valence-electron chi connectivity index (χ1n) is 49.3. The van der Waals surface area contributed by atoms with Crippen molar-refractivity contribution < 1.29 is 0 Å². The minimum absolute atomic E-state index is 0.251. The van der Waals surface area contributed by atoms with Gasteiger partial charge in [-0.3, -0.25) is 0 Å². The Labute approximate surface area is 778 Å². The van der Waals surface area contributed by atoms with E-state index in [-0.39, 0.29) is 5.41 Å². The molecule has 0 fully saturated rings. The molecule has 0 aromatic heterocycles. The molecule has 129 heavy (non-hydrogen) atoms. The van der Waals surface area contributed by atoms with Gasteiger partial charge in [0, 0.05) is 0 Å². The van der Waals surface area contributed by atoms with Crippen molar-refractivity contribution in [3.63, 3.8) is 0 Å². The Morgan fingerprint density at radius 1 is 0.140 bits per heavy atom. The summed E-state index contributed by atoms with van der Waals surface area (Å²) in [4.78, 5) is 0. The van der Waals surface area contributed by atoms with Gasteiger partial charge in [0.2, 0.25) is 0 Å². The first kappa shape index (κ1) is 104. The smallest absolute Gasteiger partial charge is 0.0683 e. The molecule has 2 aliphatic carbocycles. The average Bonchev–Trinajstić information content (AvgIpc) is 1.50. The molecule has 668 valence electrons. The molecule has 2 aliphatic rings. The Balaban J connectivity index is 0.000000211. The number of hydrogen-bond donors (Lipinski definition) is 0. The molecule has 0 nitrogen and oxygen atoms in total. The van der Waals surface area contributed by atoms with Crippen molar-refractivity contribution in [3.05, 3.63) is 381 Å². The van der Waals surface area contributed by atoms with E-state index in [1.807, 2.05) is 166 Å². The highest BCUT2D eigenvalue weighted by molar-refractivity contribution is 6.27. The Morgan fingerprint density at radius 3 is 0.798 bits per heavy atom. The minimum Gasteiger partial charge on any atom is -0.0683 e. The zero-order valence-corrected chi connectivity index (χ0v) is 85.4. The molecule has 0 radical (unpaired) electrons. The largest absolute Gasteiger partial charge is 0.0725 e. The molecule has 0 saturated heterocycles. The molecule has 0 heterocycles. The minimum atomic E-state index is -0.251. The van der Waals surface area contributed by atoms with E-state index >= 15 is 0 Å². The van der Waals surface area contributed by atoms with Gasteiger partial charge < -0.3 is 0 Å². The van der Waals surface area contributed by atoms with E-state index in [0.29, 0.717) is 0 Å². The Kier molecular flexibility index (Phi) is 39.7. The predicted octanol–water partition coefficient (Wildman–Crippen LogP) is 41.5. The monoisotopic (exact) mass is 1700 g/mol. The van der Waals surface area contributed by atoms with Gasteiger partial charge in [-0.1, -0.05) is 475 Å². The van der Waals surface area contributed by atoms with Crippen LogP contribution in [0.25, 0.3) is 162 Å². The number of fused-ring (bicyclic) bond motifs is 17. The summed E-state index contributed by atoms with van der Waals surface area (Å²) < 4.78 is 0. The summed E-state index contributed by atoms with van der Waals surface area (Å²) in [6.45, 7) is 70.0. The lowest BCUT2D eigenvalue weighted by Gasteiger charge is -2.31. The van der Waals surface area contributed by atoms with Gasteiger partial charge in [0.25, 0.3) is 0 Å². The van der Waals surface area contributed by atoms with E-state index in [1.165, 1.54) is 240 Å². The highest BCUT2D eigenvalue weighted by Gasteiger charge is 2.52. The fourth-order valence-corrected chi connectivity index (χ4v) is 19.1. The van der Waals surface area contributed by atoms with Crippen LogP contribution in [0.3, 0.4) is 0 Å². The van der Waals surface area contributed by atoms with E-state index in [4.69, 9.17) is 0 Å². The predicted molar refractivity (Wildman–Crippen MR) is 593 cm³/mol. The Bertz CT molecular complexity index is 6700. The standard InChI is InChI=1S/C31H22.C20H16.3C18H14.12C2H6/c1-19-15-16-25-28(17-19)31(29-18-20(2)21-9-3-4-12-24(21)30(25)29)26-13-7-5-10-22(26)23-11-6-8-14-27(23)31;1-13-11-19-18-10-6-4-8-16(18)14(2)12-20(19)17-9-5-3-7-15(13)17;1-11-9-13-5-4-8-16-12(2)10-14-6-3-7-15(11)17(14)18(13)16;1-11-7-13-3-5-15-9-12(2)10-16-6-4-14(8-11)17(13)18(15)16;1-11-3-5-13-8-10-16-12(2)4-6-14-7-9-15(11)17(13)18(14)16;12*1-2/h3-18H,1-2H3;3-12H,1-2H3;3*3-10H,1-2H3;12*1-2H3. The maximum absolute atomic E-state index is 2.46. The molecular weight excluding hydrogens is 1550 g/mol. The molecule has 0 heteroatoms. The highest BCUT2D eigenvalue weighted by atomic mass is 14.5. The van der Waals surface area contributed by atoms with Crippen LogP contribution >= 0.6 is 0 Å². The Morgan fingerprint density at radius 2 is 0.419 bits per heavy atom. The molecule has 0 saturated carbocycles. The van der Waals surface area contributed by atoms with E-state index < -0.39 is 0 Å². The molecule has 0 amide bonds. The lowest BCUT2D eigenvalue weighted by Crippen LogP contribution is -2.26. The zero-order chi connectivity index (χ0) is 95.3. The molecule has 23 rings (SSSR count). The van der Waals surface area contributed by atoms with Crippen molar-refractivity contribution in [3.8, 4) is 22.3 Å². The van der Waals surface area contributed by atoms with Crippen LogP contribution in [0.15, 0.2) is 303 Å². The molecule has 0 unspecified atom stereocenters. The molecule has 21 aromatic rings. The molecule has 0 aliphatic heterocycles. The summed E-state index contributed by atoms with van der Waals surface area (Å²) in [7, 11) is 0. The van der Waals surface area contributed by atoms with Crippen molar-refractivity contribution in [1.29, 1.82) is 0 Å². The summed E-state index contributed by atoms with van der Waals surface area (Å²) in [5.74, 6) is 0. The van der Waals surface area contributed by atoms with E-state index in [0.717, 1.165) is 0 Å². The number of hydrogen-bond acceptors (Lipinski definition) is 0. The van der Waals surface area contributed by atoms with Gasteiger partial charge in [0.05, 0.1) is 5.41 Å². The van der Waals surface area contributed by atoms with Gasteiger partial charge >= 0.3 is 0 Å². The van der Waals surface area contributed by atoms with Crippen LogP contribution in [-0.4, -0.2) is 0 Å². The van der Waals surface area contributed by atoms with E-state index in [1.54, 1.807) is 0 Å². The number of aryl methyl sites for hydroxylation is 10. The average molecular weight is 1700 g/mol. The summed E-state index contributed by atoms with van der Waals surface area (Å²) in [6.07, 6.45) is 0. The summed E-state index contributed by atoms with van der Waals surface area (Å²) in [5.41, 5.74) is 24.4. The first-order chi connectivity index (χ1) is 63.2. The van der Waals surface area contributed by atoms with Crippen molar-refractivity contribution in [2.24, 2.45) is 0 Å². The van der Waals surface area contributed by atoms with Crippen molar-refractivity contribution >= 4 is 140 Å². The van der Waals surface area contributed by atoms with Gasteiger partial charge in [-0.25, -0.2) is 0 Å². The van der Waals surface area contributed by atoms with Crippen molar-refractivity contribution in [1.82, 2.24) is 0 Å². The lowest BCUT2D eigenvalue weighted by molar-refractivity contribution is 0.792. The van der Waals surface area contributed by atoms with Crippen LogP contribution in [0.4, 0.5) is 0 Å². The van der Waals surface area contributed by atoms with E-state index in [9.17, 15) is 0 Å². The number of rotatable bonds is 0. The van der Waals surface area contributed by atoms with Crippen LogP contribution < -0.4 is 0 Å². The molecule has 0 bridgehead atoms. The molecule has 21 aromatic carbocycles. The summed E-state index contributed by atoms with van der Waals surface area (Å²) in [5, 5.41) is 35.8. The fourth-order valence-electron chi connectivity index (χ4n) is 19.1. The second kappa shape index (κ2) is 49.4. The topological polar surface area (TPSA) is 0 Å². The Hall–Kier alpha value is -12.2. The van der Waals surface area contributed by atoms with Gasteiger partial charge in [-0.15, -0.1) is 0 Å². The highest BCUT2D eigenvalue weighted by Crippen LogP contribution is 2.64. The third kappa shape index (κ3) is 20.0. The summed E-state index contributed by atoms with van der Waals surface area (Å²) >= 11 is 0. The second-order valence-electron chi connectivity index (χ2n) is 30.3. The molecule has 0 atom stereocenters. The van der Waals surface area contributed by atoms with Crippen LogP contribution in [0.1, 0.15) is 244 Å². The molecule has 0 N–H and O–H groups in total. The molecule has 1 spiro atoms. The zero-order valence-electron chi connectivity index (χ0n) is 85.4. The van der Waals surface area contributed by atoms with Gasteiger partial charge in [0.15, 0.2) is 0 Å². The quantitative estimate of drug-likeness (QED) is 0.133. The summed E-state index contributed by atoms with van der Waals surface area (Å²) in [6, 6.07) is 112. The third-order valence-electron chi connectivity index (χ3n) is 23.7. The first-order valence-corrected chi connectivity index (χ1v) is 49.3. The second-order valence-corrected chi connectivity index (χ2v) is 30.3. The maximum atomic E-state index is 2.46. The SMILES string of the molecule is CC.CC.CC.CC.CC.CC.CC.CC.CC.CC.CC.CC.Cc1cc2c3ccccc3c(C)cc2c2ccccc12.Cc1cc2ccc3cc(C)cc4ccc(c1)c2c34.Cc1cc2cccc3c(C)cc4cccc1c4c23.Cc1ccc2c(c1)C1(c3ccccc3-c3ccccc31)c1cc(C)c3ccccc3c1-2.Cc1ccc2ccc3c(C)ccc4ccc1c2c43.